The number of nitrogens with one attached hydrogen (secondary N) is 1. The molecular weight excluding hydrogens is 478 g/mol. The molecule has 1 aromatic carbocycles. The summed E-state index contributed by atoms with van der Waals surface area (Å²) in [5.41, 5.74) is 2.01. The standard InChI is InChI=1S/C25H25N7O3S/c1-34-20-13-18(22(33)29-25-31-30-24(36-25)19-9-10-26-16-28-19)14-27-23(20)35-21(15-32-11-5-6-12-32)17-7-3-2-4-8-17/h2-4,7-10,13-14,16,21H,5-6,11-12,15H2,1H3,(H,29,31,33). The molecule has 11 heteroatoms. The Morgan fingerprint density at radius 3 is 2.72 bits per heavy atom. The van der Waals surface area contributed by atoms with E-state index in [4.69, 9.17) is 9.47 Å². The van der Waals surface area contributed by atoms with E-state index >= 15 is 0 Å². The van der Waals surface area contributed by atoms with Crippen LogP contribution in [0.2, 0.25) is 0 Å². The van der Waals surface area contributed by atoms with Gasteiger partial charge < -0.3 is 9.47 Å². The molecule has 1 atom stereocenters. The molecule has 0 bridgehead atoms. The van der Waals surface area contributed by atoms with Crippen molar-refractivity contribution >= 4 is 22.4 Å². The summed E-state index contributed by atoms with van der Waals surface area (Å²) in [6.07, 6.45) is 6.70. The van der Waals surface area contributed by atoms with Gasteiger partial charge in [0, 0.05) is 25.0 Å². The molecule has 5 rings (SSSR count). The molecule has 3 aromatic heterocycles. The predicted molar refractivity (Wildman–Crippen MR) is 135 cm³/mol. The van der Waals surface area contributed by atoms with E-state index in [2.05, 4.69) is 35.4 Å². The van der Waals surface area contributed by atoms with Crippen LogP contribution in [0.5, 0.6) is 11.6 Å². The van der Waals surface area contributed by atoms with Crippen LogP contribution in [0.3, 0.4) is 0 Å². The molecule has 0 radical (unpaired) electrons. The first-order valence-electron chi connectivity index (χ1n) is 11.6. The van der Waals surface area contributed by atoms with Crippen LogP contribution in [0.25, 0.3) is 10.7 Å². The summed E-state index contributed by atoms with van der Waals surface area (Å²) in [4.78, 5) is 27.7. The molecule has 1 N–H and O–H groups in total. The maximum Gasteiger partial charge on any atom is 0.259 e. The van der Waals surface area contributed by atoms with Gasteiger partial charge in [-0.3, -0.25) is 15.0 Å². The van der Waals surface area contributed by atoms with Crippen molar-refractivity contribution < 1.29 is 14.3 Å². The van der Waals surface area contributed by atoms with Gasteiger partial charge in [0.15, 0.2) is 10.8 Å². The minimum absolute atomic E-state index is 0.216. The Bertz CT molecular complexity index is 1300. The first-order chi connectivity index (χ1) is 17.7. The molecule has 1 fully saturated rings. The van der Waals surface area contributed by atoms with Crippen molar-refractivity contribution in [3.8, 4) is 22.3 Å². The highest BCUT2D eigenvalue weighted by Gasteiger charge is 2.23. The Hall–Kier alpha value is -3.96. The number of benzene rings is 1. The first kappa shape index (κ1) is 23.8. The van der Waals surface area contributed by atoms with Crippen LogP contribution in [-0.4, -0.2) is 62.7 Å². The van der Waals surface area contributed by atoms with Gasteiger partial charge in [0.2, 0.25) is 5.13 Å². The number of carbonyl (C=O) groups is 1. The van der Waals surface area contributed by atoms with Crippen LogP contribution in [0.4, 0.5) is 5.13 Å². The van der Waals surface area contributed by atoms with E-state index in [1.807, 2.05) is 30.3 Å². The number of aromatic nitrogens is 5. The molecule has 0 spiro atoms. The Kier molecular flexibility index (Phi) is 7.39. The second-order valence-corrected chi connectivity index (χ2v) is 9.19. The molecule has 0 saturated carbocycles. The lowest BCUT2D eigenvalue weighted by atomic mass is 10.1. The van der Waals surface area contributed by atoms with Crippen molar-refractivity contribution in [2.75, 3.05) is 32.1 Å². The molecule has 4 aromatic rings. The van der Waals surface area contributed by atoms with Gasteiger partial charge in [-0.2, -0.15) is 0 Å². The third kappa shape index (κ3) is 5.64. The maximum absolute atomic E-state index is 12.9. The van der Waals surface area contributed by atoms with Crippen molar-refractivity contribution in [3.05, 3.63) is 72.3 Å². The fourth-order valence-electron chi connectivity index (χ4n) is 3.97. The van der Waals surface area contributed by atoms with Crippen molar-refractivity contribution in [1.29, 1.82) is 0 Å². The topological polar surface area (TPSA) is 115 Å². The van der Waals surface area contributed by atoms with Gasteiger partial charge in [-0.05, 0) is 37.6 Å². The van der Waals surface area contributed by atoms with Crippen LogP contribution in [0, 0.1) is 0 Å². The van der Waals surface area contributed by atoms with E-state index in [1.165, 1.54) is 43.8 Å². The molecule has 36 heavy (non-hydrogen) atoms. The molecular formula is C25H25N7O3S. The summed E-state index contributed by atoms with van der Waals surface area (Å²) in [7, 11) is 1.53. The Labute approximate surface area is 212 Å². The monoisotopic (exact) mass is 503 g/mol. The van der Waals surface area contributed by atoms with Crippen LogP contribution in [-0.2, 0) is 0 Å². The highest BCUT2D eigenvalue weighted by molar-refractivity contribution is 7.18. The lowest BCUT2D eigenvalue weighted by Crippen LogP contribution is -2.28. The number of rotatable bonds is 9. The number of methoxy groups -OCH3 is 1. The van der Waals surface area contributed by atoms with Gasteiger partial charge in [-0.15, -0.1) is 10.2 Å². The van der Waals surface area contributed by atoms with E-state index in [1.54, 1.807) is 18.3 Å². The summed E-state index contributed by atoms with van der Waals surface area (Å²) >= 11 is 1.22. The average molecular weight is 504 g/mol. The van der Waals surface area contributed by atoms with Crippen LogP contribution < -0.4 is 14.8 Å². The lowest BCUT2D eigenvalue weighted by molar-refractivity contribution is 0.102. The maximum atomic E-state index is 12.9. The average Bonchev–Trinajstić information content (AvgIpc) is 3.62. The van der Waals surface area contributed by atoms with E-state index in [-0.39, 0.29) is 12.0 Å². The number of pyridine rings is 1. The summed E-state index contributed by atoms with van der Waals surface area (Å²) in [5, 5.41) is 11.8. The third-order valence-corrected chi connectivity index (χ3v) is 6.66. The highest BCUT2D eigenvalue weighted by Crippen LogP contribution is 2.31. The van der Waals surface area contributed by atoms with Gasteiger partial charge in [0.05, 0.1) is 12.7 Å². The van der Waals surface area contributed by atoms with Gasteiger partial charge >= 0.3 is 0 Å². The van der Waals surface area contributed by atoms with Crippen LogP contribution >= 0.6 is 11.3 Å². The quantitative estimate of drug-likeness (QED) is 0.363. The Morgan fingerprint density at radius 2 is 1.97 bits per heavy atom. The lowest BCUT2D eigenvalue weighted by Gasteiger charge is -2.25. The van der Waals surface area contributed by atoms with E-state index in [0.717, 1.165) is 25.2 Å². The Balaban J connectivity index is 1.31. The number of nitrogens with zero attached hydrogens (tertiary/aromatic N) is 6. The van der Waals surface area contributed by atoms with Crippen molar-refractivity contribution in [3.63, 3.8) is 0 Å². The summed E-state index contributed by atoms with van der Waals surface area (Å²) in [6, 6.07) is 13.4. The molecule has 1 amide bonds. The Morgan fingerprint density at radius 1 is 1.14 bits per heavy atom. The van der Waals surface area contributed by atoms with E-state index < -0.39 is 0 Å². The number of amides is 1. The SMILES string of the molecule is COc1cc(C(=O)Nc2nnc(-c3ccncn3)s2)cnc1OC(CN1CCCC1)c1ccccc1. The summed E-state index contributed by atoms with van der Waals surface area (Å²) < 4.78 is 11.9. The molecule has 1 unspecified atom stereocenters. The fraction of sp³-hybridized carbons (Fsp3) is 0.280. The highest BCUT2D eigenvalue weighted by atomic mass is 32.1. The third-order valence-electron chi connectivity index (χ3n) is 5.79. The molecule has 1 saturated heterocycles. The van der Waals surface area contributed by atoms with E-state index in [0.29, 0.717) is 33.0 Å². The van der Waals surface area contributed by atoms with Crippen molar-refractivity contribution in [2.24, 2.45) is 0 Å². The molecule has 1 aliphatic heterocycles. The van der Waals surface area contributed by atoms with Crippen LogP contribution in [0.1, 0.15) is 34.9 Å². The normalized spacial score (nSPS) is 14.4. The minimum atomic E-state index is -0.380. The van der Waals surface area contributed by atoms with Crippen LogP contribution in [0.15, 0.2) is 61.2 Å². The van der Waals surface area contributed by atoms with Crippen molar-refractivity contribution in [1.82, 2.24) is 30.0 Å². The molecule has 1 aliphatic rings. The smallest absolute Gasteiger partial charge is 0.259 e. The second kappa shape index (κ2) is 11.2. The number of likely N-dealkylation sites (tertiary alicyclic amines) is 1. The number of anilines is 1. The van der Waals surface area contributed by atoms with E-state index in [9.17, 15) is 4.79 Å². The number of hydrogen-bond donors (Lipinski definition) is 1. The molecule has 0 aliphatic carbocycles. The summed E-state index contributed by atoms with van der Waals surface area (Å²) in [5.74, 6) is 0.336. The second-order valence-electron chi connectivity index (χ2n) is 8.22. The number of hydrogen-bond acceptors (Lipinski definition) is 10. The van der Waals surface area contributed by atoms with Gasteiger partial charge in [-0.1, -0.05) is 41.7 Å². The fourth-order valence-corrected chi connectivity index (χ4v) is 4.68. The molecule has 10 nitrogen and oxygen atoms in total. The molecule has 184 valence electrons. The first-order valence-corrected chi connectivity index (χ1v) is 12.4. The molecule has 4 heterocycles. The minimum Gasteiger partial charge on any atom is -0.491 e. The van der Waals surface area contributed by atoms with Gasteiger partial charge in [-0.25, -0.2) is 15.0 Å². The van der Waals surface area contributed by atoms with Gasteiger partial charge in [0.1, 0.15) is 18.1 Å². The number of carbonyl (C=O) groups excluding carboxylic acids is 1. The van der Waals surface area contributed by atoms with Gasteiger partial charge in [0.25, 0.3) is 11.8 Å². The zero-order chi connectivity index (χ0) is 24.7. The predicted octanol–water partition coefficient (Wildman–Crippen LogP) is 3.87. The zero-order valence-electron chi connectivity index (χ0n) is 19.7. The van der Waals surface area contributed by atoms with Crippen molar-refractivity contribution in [2.45, 2.75) is 18.9 Å². The zero-order valence-corrected chi connectivity index (χ0v) is 20.5. The summed E-state index contributed by atoms with van der Waals surface area (Å²) in [6.45, 7) is 2.87. The number of ether oxygens (including phenoxy) is 2. The largest absolute Gasteiger partial charge is 0.491 e.